The molecule has 0 aliphatic heterocycles. The van der Waals surface area contributed by atoms with Crippen molar-refractivity contribution in [1.29, 1.82) is 0 Å². The van der Waals surface area contributed by atoms with Gasteiger partial charge in [-0.05, 0) is 38.1 Å². The normalized spacial score (nSPS) is 17.3. The Balaban J connectivity index is 2.34. The van der Waals surface area contributed by atoms with Crippen molar-refractivity contribution in [2.75, 3.05) is 0 Å². The molecule has 3 heteroatoms. The van der Waals surface area contributed by atoms with Gasteiger partial charge < -0.3 is 10.4 Å². The summed E-state index contributed by atoms with van der Waals surface area (Å²) in [5, 5.41) is 15.4. The molecule has 1 heterocycles. The standard InChI is InChI=1S/C12H21NOS/c1-4-9(2)13-10(3)8-11(14)12-6-5-7-15-12/h5-7,9-11,13-14H,4,8H2,1-3H3. The van der Waals surface area contributed by atoms with Crippen LogP contribution in [0.2, 0.25) is 0 Å². The molecule has 0 aliphatic rings. The fraction of sp³-hybridized carbons (Fsp3) is 0.667. The van der Waals surface area contributed by atoms with E-state index in [1.54, 1.807) is 11.3 Å². The number of hydrogen-bond donors (Lipinski definition) is 2. The van der Waals surface area contributed by atoms with Crippen LogP contribution in [0.5, 0.6) is 0 Å². The Morgan fingerprint density at radius 3 is 2.67 bits per heavy atom. The number of nitrogens with one attached hydrogen (secondary N) is 1. The lowest BCUT2D eigenvalue weighted by Gasteiger charge is -2.20. The first-order valence-electron chi connectivity index (χ1n) is 5.61. The molecule has 0 fully saturated rings. The monoisotopic (exact) mass is 227 g/mol. The molecule has 0 amide bonds. The molecule has 1 rings (SSSR count). The fourth-order valence-corrected chi connectivity index (χ4v) is 2.33. The maximum absolute atomic E-state index is 9.94. The highest BCUT2D eigenvalue weighted by atomic mass is 32.1. The molecular formula is C12H21NOS. The van der Waals surface area contributed by atoms with Crippen molar-refractivity contribution in [3.63, 3.8) is 0 Å². The molecule has 0 saturated heterocycles. The van der Waals surface area contributed by atoms with E-state index in [4.69, 9.17) is 0 Å². The number of aliphatic hydroxyl groups excluding tert-OH is 1. The summed E-state index contributed by atoms with van der Waals surface area (Å²) >= 11 is 1.62. The molecule has 0 spiro atoms. The van der Waals surface area contributed by atoms with Crippen molar-refractivity contribution in [2.45, 2.75) is 51.8 Å². The Hall–Kier alpha value is -0.380. The summed E-state index contributed by atoms with van der Waals surface area (Å²) in [5.41, 5.74) is 0. The number of rotatable bonds is 6. The number of aliphatic hydroxyl groups is 1. The lowest BCUT2D eigenvalue weighted by molar-refractivity contribution is 0.155. The molecule has 86 valence electrons. The summed E-state index contributed by atoms with van der Waals surface area (Å²) < 4.78 is 0. The molecule has 2 N–H and O–H groups in total. The molecule has 3 atom stereocenters. The van der Waals surface area contributed by atoms with Crippen molar-refractivity contribution in [1.82, 2.24) is 5.32 Å². The summed E-state index contributed by atoms with van der Waals surface area (Å²) in [6, 6.07) is 4.86. The van der Waals surface area contributed by atoms with Crippen LogP contribution in [0.25, 0.3) is 0 Å². The van der Waals surface area contributed by atoms with E-state index in [1.165, 1.54) is 0 Å². The third kappa shape index (κ3) is 4.33. The van der Waals surface area contributed by atoms with Gasteiger partial charge in [-0.15, -0.1) is 11.3 Å². The summed E-state index contributed by atoms with van der Waals surface area (Å²) in [6.45, 7) is 6.47. The predicted molar refractivity (Wildman–Crippen MR) is 66.2 cm³/mol. The SMILES string of the molecule is CCC(C)NC(C)CC(O)c1cccs1. The Morgan fingerprint density at radius 2 is 2.13 bits per heavy atom. The smallest absolute Gasteiger partial charge is 0.0896 e. The van der Waals surface area contributed by atoms with Crippen molar-refractivity contribution < 1.29 is 5.11 Å². The van der Waals surface area contributed by atoms with Gasteiger partial charge >= 0.3 is 0 Å². The van der Waals surface area contributed by atoms with Crippen LogP contribution < -0.4 is 5.32 Å². The van der Waals surface area contributed by atoms with Crippen molar-refractivity contribution in [2.24, 2.45) is 0 Å². The third-order valence-corrected chi connectivity index (χ3v) is 3.60. The zero-order valence-corrected chi connectivity index (χ0v) is 10.6. The van der Waals surface area contributed by atoms with Gasteiger partial charge in [-0.25, -0.2) is 0 Å². The Morgan fingerprint density at radius 1 is 1.40 bits per heavy atom. The molecule has 0 saturated carbocycles. The molecule has 1 aromatic rings. The van der Waals surface area contributed by atoms with Crippen LogP contribution in [0.15, 0.2) is 17.5 Å². The van der Waals surface area contributed by atoms with E-state index in [9.17, 15) is 5.11 Å². The van der Waals surface area contributed by atoms with Crippen LogP contribution in [0.4, 0.5) is 0 Å². The van der Waals surface area contributed by atoms with Gasteiger partial charge in [0.25, 0.3) is 0 Å². The van der Waals surface area contributed by atoms with Crippen LogP contribution in [0, 0.1) is 0 Å². The summed E-state index contributed by atoms with van der Waals surface area (Å²) in [7, 11) is 0. The van der Waals surface area contributed by atoms with Gasteiger partial charge in [0.1, 0.15) is 0 Å². The van der Waals surface area contributed by atoms with Gasteiger partial charge in [-0.3, -0.25) is 0 Å². The average Bonchev–Trinajstić information content (AvgIpc) is 2.70. The van der Waals surface area contributed by atoms with E-state index in [0.29, 0.717) is 12.1 Å². The first-order chi connectivity index (χ1) is 7.13. The molecule has 1 aromatic heterocycles. The molecule has 0 radical (unpaired) electrons. The quantitative estimate of drug-likeness (QED) is 0.783. The Bertz CT molecular complexity index is 261. The zero-order chi connectivity index (χ0) is 11.3. The highest BCUT2D eigenvalue weighted by molar-refractivity contribution is 7.10. The lowest BCUT2D eigenvalue weighted by atomic mass is 10.1. The first-order valence-corrected chi connectivity index (χ1v) is 6.49. The lowest BCUT2D eigenvalue weighted by Crippen LogP contribution is -2.34. The van der Waals surface area contributed by atoms with Gasteiger partial charge in [0.15, 0.2) is 0 Å². The molecule has 0 aliphatic carbocycles. The van der Waals surface area contributed by atoms with Gasteiger partial charge in [0.2, 0.25) is 0 Å². The molecule has 15 heavy (non-hydrogen) atoms. The maximum Gasteiger partial charge on any atom is 0.0896 e. The molecule has 0 aromatic carbocycles. The highest BCUT2D eigenvalue weighted by Crippen LogP contribution is 2.22. The Kier molecular flexibility index (Phi) is 5.29. The van der Waals surface area contributed by atoms with Crippen LogP contribution in [0.1, 0.15) is 44.6 Å². The van der Waals surface area contributed by atoms with Gasteiger partial charge in [0, 0.05) is 17.0 Å². The van der Waals surface area contributed by atoms with Gasteiger partial charge in [-0.2, -0.15) is 0 Å². The topological polar surface area (TPSA) is 32.3 Å². The van der Waals surface area contributed by atoms with E-state index in [0.717, 1.165) is 17.7 Å². The largest absolute Gasteiger partial charge is 0.388 e. The second kappa shape index (κ2) is 6.26. The summed E-state index contributed by atoms with van der Waals surface area (Å²) in [5.74, 6) is 0. The summed E-state index contributed by atoms with van der Waals surface area (Å²) in [6.07, 6.45) is 1.58. The van der Waals surface area contributed by atoms with E-state index in [2.05, 4.69) is 26.1 Å². The minimum atomic E-state index is -0.323. The van der Waals surface area contributed by atoms with E-state index in [1.807, 2.05) is 17.5 Å². The highest BCUT2D eigenvalue weighted by Gasteiger charge is 2.14. The zero-order valence-electron chi connectivity index (χ0n) is 9.73. The predicted octanol–water partition coefficient (Wildman–Crippen LogP) is 2.95. The minimum Gasteiger partial charge on any atom is -0.388 e. The Labute approximate surface area is 96.3 Å². The molecular weight excluding hydrogens is 206 g/mol. The second-order valence-electron chi connectivity index (χ2n) is 4.14. The van der Waals surface area contributed by atoms with Gasteiger partial charge in [0.05, 0.1) is 6.10 Å². The third-order valence-electron chi connectivity index (χ3n) is 2.63. The van der Waals surface area contributed by atoms with Crippen molar-refractivity contribution >= 4 is 11.3 Å². The second-order valence-corrected chi connectivity index (χ2v) is 5.12. The first kappa shape index (κ1) is 12.7. The minimum absolute atomic E-state index is 0.323. The number of hydrogen-bond acceptors (Lipinski definition) is 3. The van der Waals surface area contributed by atoms with Crippen LogP contribution in [0.3, 0.4) is 0 Å². The van der Waals surface area contributed by atoms with Crippen LogP contribution in [-0.4, -0.2) is 17.2 Å². The van der Waals surface area contributed by atoms with Crippen LogP contribution >= 0.6 is 11.3 Å². The van der Waals surface area contributed by atoms with E-state index < -0.39 is 0 Å². The van der Waals surface area contributed by atoms with Crippen molar-refractivity contribution in [3.05, 3.63) is 22.4 Å². The molecule has 2 nitrogen and oxygen atoms in total. The molecule has 3 unspecified atom stereocenters. The average molecular weight is 227 g/mol. The summed E-state index contributed by atoms with van der Waals surface area (Å²) in [4.78, 5) is 1.06. The van der Waals surface area contributed by atoms with E-state index in [-0.39, 0.29) is 6.10 Å². The van der Waals surface area contributed by atoms with E-state index >= 15 is 0 Å². The fourth-order valence-electron chi connectivity index (χ4n) is 1.60. The van der Waals surface area contributed by atoms with Crippen LogP contribution in [-0.2, 0) is 0 Å². The maximum atomic E-state index is 9.94. The molecule has 0 bridgehead atoms. The number of thiophene rings is 1. The van der Waals surface area contributed by atoms with Crippen molar-refractivity contribution in [3.8, 4) is 0 Å². The van der Waals surface area contributed by atoms with Gasteiger partial charge in [-0.1, -0.05) is 13.0 Å².